The normalized spacial score (nSPS) is 10.0. The van der Waals surface area contributed by atoms with E-state index in [4.69, 9.17) is 11.6 Å². The fraction of sp³-hybridized carbons (Fsp3) is 0.143. The molecule has 0 saturated carbocycles. The Morgan fingerprint density at radius 3 is 2.60 bits per heavy atom. The molecular weight excluding hydrogens is 326 g/mol. The smallest absolute Gasteiger partial charge is 0.0553 e. The molecule has 0 bridgehead atoms. The van der Waals surface area contributed by atoms with Crippen LogP contribution in [0.3, 0.4) is 0 Å². The summed E-state index contributed by atoms with van der Waals surface area (Å²) in [6, 6.07) is 3.95. The minimum absolute atomic E-state index is 0.812. The molecule has 0 fully saturated rings. The predicted octanol–water partition coefficient (Wildman–Crippen LogP) is 4.02. The summed E-state index contributed by atoms with van der Waals surface area (Å²) in [4.78, 5) is 0. The van der Waals surface area contributed by atoms with E-state index >= 15 is 0 Å². The van der Waals surface area contributed by atoms with Gasteiger partial charge in [-0.1, -0.05) is 27.5 Å². The zero-order chi connectivity index (χ0) is 7.72. The molecule has 1 aromatic rings. The highest BCUT2D eigenvalue weighted by molar-refractivity contribution is 14.1. The number of halogens is 3. The van der Waals surface area contributed by atoms with E-state index in [-0.39, 0.29) is 0 Å². The maximum Gasteiger partial charge on any atom is 0.0553 e. The van der Waals surface area contributed by atoms with E-state index in [1.54, 1.807) is 0 Å². The Morgan fingerprint density at radius 2 is 2.10 bits per heavy atom. The van der Waals surface area contributed by atoms with E-state index in [0.29, 0.717) is 0 Å². The Labute approximate surface area is 87.2 Å². The predicted molar refractivity (Wildman–Crippen MR) is 56.6 cm³/mol. The minimum atomic E-state index is 0.812. The van der Waals surface area contributed by atoms with Crippen LogP contribution in [0.25, 0.3) is 0 Å². The first kappa shape index (κ1) is 8.81. The van der Waals surface area contributed by atoms with Gasteiger partial charge in [0.1, 0.15) is 0 Å². The van der Waals surface area contributed by atoms with Crippen LogP contribution < -0.4 is 0 Å². The number of rotatable bonds is 0. The number of hydrogen-bond donors (Lipinski definition) is 0. The zero-order valence-electron chi connectivity index (χ0n) is 5.29. The lowest BCUT2D eigenvalue weighted by Gasteiger charge is -2.00. The van der Waals surface area contributed by atoms with Gasteiger partial charge in [-0.3, -0.25) is 0 Å². The van der Waals surface area contributed by atoms with Crippen molar-refractivity contribution >= 4 is 50.1 Å². The summed E-state index contributed by atoms with van der Waals surface area (Å²) >= 11 is 11.5. The highest BCUT2D eigenvalue weighted by atomic mass is 127. The molecule has 0 radical (unpaired) electrons. The third kappa shape index (κ3) is 1.86. The highest BCUT2D eigenvalue weighted by Gasteiger charge is 2.00. The molecule has 1 rings (SSSR count). The zero-order valence-corrected chi connectivity index (χ0v) is 9.79. The molecular formula is C7H5BrClI. The Hall–Kier alpha value is 0.720. The molecule has 0 aromatic heterocycles. The van der Waals surface area contributed by atoms with E-state index in [0.717, 1.165) is 13.1 Å². The maximum absolute atomic E-state index is 5.88. The van der Waals surface area contributed by atoms with Gasteiger partial charge in [-0.2, -0.15) is 0 Å². The number of aryl methyl sites for hydroxylation is 1. The van der Waals surface area contributed by atoms with Crippen molar-refractivity contribution in [3.8, 4) is 0 Å². The van der Waals surface area contributed by atoms with Crippen LogP contribution in [0.1, 0.15) is 5.56 Å². The summed E-state index contributed by atoms with van der Waals surface area (Å²) in [5.41, 5.74) is 1.21. The van der Waals surface area contributed by atoms with Crippen molar-refractivity contribution in [2.24, 2.45) is 0 Å². The first-order valence-electron chi connectivity index (χ1n) is 2.72. The molecule has 0 aliphatic rings. The van der Waals surface area contributed by atoms with Crippen LogP contribution in [0.4, 0.5) is 0 Å². The molecule has 0 N–H and O–H groups in total. The van der Waals surface area contributed by atoms with Crippen molar-refractivity contribution in [3.63, 3.8) is 0 Å². The molecule has 0 spiro atoms. The van der Waals surface area contributed by atoms with Gasteiger partial charge in [-0.05, 0) is 47.2 Å². The van der Waals surface area contributed by atoms with Crippen molar-refractivity contribution in [1.29, 1.82) is 0 Å². The Kier molecular flexibility index (Phi) is 3.01. The quantitative estimate of drug-likeness (QED) is 0.498. The molecule has 1 aromatic carbocycles. The van der Waals surface area contributed by atoms with Gasteiger partial charge in [0.25, 0.3) is 0 Å². The van der Waals surface area contributed by atoms with Crippen molar-refractivity contribution in [3.05, 3.63) is 30.8 Å². The largest absolute Gasteiger partial charge is 0.0831 e. The van der Waals surface area contributed by atoms with Crippen LogP contribution in [-0.4, -0.2) is 0 Å². The molecule has 0 saturated heterocycles. The van der Waals surface area contributed by atoms with E-state index in [1.807, 2.05) is 19.1 Å². The van der Waals surface area contributed by atoms with E-state index < -0.39 is 0 Å². The van der Waals surface area contributed by atoms with Gasteiger partial charge < -0.3 is 0 Å². The van der Waals surface area contributed by atoms with Crippen molar-refractivity contribution < 1.29 is 0 Å². The summed E-state index contributed by atoms with van der Waals surface area (Å²) in [6.45, 7) is 2.04. The minimum Gasteiger partial charge on any atom is -0.0831 e. The molecule has 0 aliphatic carbocycles. The molecule has 0 unspecified atom stereocenters. The second-order valence-corrected chi connectivity index (χ2v) is 4.42. The molecule has 0 amide bonds. The molecule has 0 heterocycles. The van der Waals surface area contributed by atoms with Gasteiger partial charge in [-0.25, -0.2) is 0 Å². The third-order valence-corrected chi connectivity index (χ3v) is 3.68. The molecule has 0 atom stereocenters. The van der Waals surface area contributed by atoms with Crippen LogP contribution in [-0.2, 0) is 0 Å². The van der Waals surface area contributed by atoms with Crippen LogP contribution >= 0.6 is 50.1 Å². The topological polar surface area (TPSA) is 0 Å². The fourth-order valence-corrected chi connectivity index (χ4v) is 1.97. The molecule has 3 heteroatoms. The first-order chi connectivity index (χ1) is 4.61. The number of hydrogen-bond acceptors (Lipinski definition) is 0. The van der Waals surface area contributed by atoms with E-state index in [1.165, 1.54) is 5.56 Å². The lowest BCUT2D eigenvalue weighted by molar-refractivity contribution is 1.41. The molecule has 0 nitrogen and oxygen atoms in total. The van der Waals surface area contributed by atoms with Crippen LogP contribution in [0.15, 0.2) is 16.6 Å². The van der Waals surface area contributed by atoms with E-state index in [9.17, 15) is 0 Å². The monoisotopic (exact) mass is 330 g/mol. The Balaban J connectivity index is 3.31. The van der Waals surface area contributed by atoms with Gasteiger partial charge in [0.05, 0.1) is 5.02 Å². The summed E-state index contributed by atoms with van der Waals surface area (Å²) < 4.78 is 2.16. The second kappa shape index (κ2) is 3.41. The van der Waals surface area contributed by atoms with Gasteiger partial charge in [0.15, 0.2) is 0 Å². The fourth-order valence-electron chi connectivity index (χ4n) is 0.685. The van der Waals surface area contributed by atoms with Crippen LogP contribution in [0.2, 0.25) is 5.02 Å². The van der Waals surface area contributed by atoms with Crippen LogP contribution in [0.5, 0.6) is 0 Å². The van der Waals surface area contributed by atoms with Crippen LogP contribution in [0, 0.1) is 10.5 Å². The van der Waals surface area contributed by atoms with Gasteiger partial charge >= 0.3 is 0 Å². The molecule has 54 valence electrons. The molecule has 0 aliphatic heterocycles. The van der Waals surface area contributed by atoms with Crippen molar-refractivity contribution in [2.75, 3.05) is 0 Å². The average molecular weight is 331 g/mol. The highest BCUT2D eigenvalue weighted by Crippen LogP contribution is 2.26. The van der Waals surface area contributed by atoms with Gasteiger partial charge in [0, 0.05) is 8.04 Å². The summed E-state index contributed by atoms with van der Waals surface area (Å²) in [5.74, 6) is 0. The lowest BCUT2D eigenvalue weighted by Crippen LogP contribution is -1.80. The maximum atomic E-state index is 5.88. The molecule has 10 heavy (non-hydrogen) atoms. The standard InChI is InChI=1S/C7H5BrClI/c1-4-2-5(8)3-6(9)7(4)10/h2-3H,1H3. The van der Waals surface area contributed by atoms with Gasteiger partial charge in [-0.15, -0.1) is 0 Å². The summed E-state index contributed by atoms with van der Waals surface area (Å²) in [6.07, 6.45) is 0. The first-order valence-corrected chi connectivity index (χ1v) is 4.97. The SMILES string of the molecule is Cc1cc(Br)cc(Cl)c1I. The Morgan fingerprint density at radius 1 is 1.50 bits per heavy atom. The van der Waals surface area contributed by atoms with Crippen molar-refractivity contribution in [2.45, 2.75) is 6.92 Å². The lowest BCUT2D eigenvalue weighted by atomic mass is 10.2. The van der Waals surface area contributed by atoms with Gasteiger partial charge in [0.2, 0.25) is 0 Å². The Bertz CT molecular complexity index is 237. The van der Waals surface area contributed by atoms with E-state index in [2.05, 4.69) is 38.5 Å². The summed E-state index contributed by atoms with van der Waals surface area (Å²) in [5, 5.41) is 0.812. The third-order valence-electron chi connectivity index (χ3n) is 1.17. The number of benzene rings is 1. The average Bonchev–Trinajstić information content (AvgIpc) is 1.82. The van der Waals surface area contributed by atoms with Crippen molar-refractivity contribution in [1.82, 2.24) is 0 Å². The summed E-state index contributed by atoms with van der Waals surface area (Å²) in [7, 11) is 0. The second-order valence-electron chi connectivity index (χ2n) is 2.02.